The van der Waals surface area contributed by atoms with Crippen LogP contribution >= 0.6 is 11.6 Å². The van der Waals surface area contributed by atoms with E-state index in [-0.39, 0.29) is 18.1 Å². The predicted molar refractivity (Wildman–Crippen MR) is 107 cm³/mol. The second-order valence-electron chi connectivity index (χ2n) is 7.08. The van der Waals surface area contributed by atoms with E-state index >= 15 is 0 Å². The fourth-order valence-electron chi connectivity index (χ4n) is 3.82. The van der Waals surface area contributed by atoms with Gasteiger partial charge in [-0.2, -0.15) is 0 Å². The Labute approximate surface area is 171 Å². The number of carbonyl (C=O) groups excluding carboxylic acids is 1. The van der Waals surface area contributed by atoms with E-state index in [4.69, 9.17) is 11.6 Å². The Bertz CT molecular complexity index is 1120. The van der Waals surface area contributed by atoms with E-state index in [9.17, 15) is 19.3 Å². The highest BCUT2D eigenvalue weighted by molar-refractivity contribution is 6.30. The van der Waals surface area contributed by atoms with Gasteiger partial charge in [0.2, 0.25) is 0 Å². The molecule has 5 nitrogen and oxygen atoms in total. The number of carbonyl (C=O) groups is 1. The van der Waals surface area contributed by atoms with Crippen LogP contribution in [0.1, 0.15) is 34.0 Å². The lowest BCUT2D eigenvalue weighted by atomic mass is 9.84. The first-order valence-electron chi connectivity index (χ1n) is 8.92. The fourth-order valence-corrected chi connectivity index (χ4v) is 3.95. The van der Waals surface area contributed by atoms with Crippen LogP contribution in [0, 0.1) is 15.9 Å². The van der Waals surface area contributed by atoms with Crippen molar-refractivity contribution in [3.8, 4) is 0 Å². The van der Waals surface area contributed by atoms with Gasteiger partial charge in [0.1, 0.15) is 5.82 Å². The molecule has 0 aliphatic carbocycles. The molecule has 1 aliphatic rings. The van der Waals surface area contributed by atoms with Crippen molar-refractivity contribution in [3.63, 3.8) is 0 Å². The third-order valence-corrected chi connectivity index (χ3v) is 5.67. The maximum atomic E-state index is 14.1. The lowest BCUT2D eigenvalue weighted by molar-refractivity contribution is -0.384. The Morgan fingerprint density at radius 1 is 1.07 bits per heavy atom. The normalized spacial score (nSPS) is 18.0. The van der Waals surface area contributed by atoms with Gasteiger partial charge in [-0.1, -0.05) is 35.9 Å². The van der Waals surface area contributed by atoms with E-state index < -0.39 is 16.3 Å². The molecule has 29 heavy (non-hydrogen) atoms. The number of rotatable bonds is 4. The van der Waals surface area contributed by atoms with Gasteiger partial charge in [-0.3, -0.25) is 14.9 Å². The summed E-state index contributed by atoms with van der Waals surface area (Å²) >= 11 is 6.03. The summed E-state index contributed by atoms with van der Waals surface area (Å²) in [5.74, 6) is -0.648. The van der Waals surface area contributed by atoms with Gasteiger partial charge < -0.3 is 4.90 Å². The summed E-state index contributed by atoms with van der Waals surface area (Å²) in [4.78, 5) is 25.3. The molecule has 3 aromatic rings. The molecule has 0 bridgehead atoms. The zero-order valence-electron chi connectivity index (χ0n) is 15.4. The molecule has 0 spiro atoms. The zero-order valence-corrected chi connectivity index (χ0v) is 16.2. The fraction of sp³-hybridized carbons (Fsp3) is 0.136. The Balaban J connectivity index is 1.81. The van der Waals surface area contributed by atoms with Gasteiger partial charge in [0.15, 0.2) is 0 Å². The van der Waals surface area contributed by atoms with Crippen molar-refractivity contribution < 1.29 is 14.1 Å². The highest BCUT2D eigenvalue weighted by Gasteiger charge is 2.47. The highest BCUT2D eigenvalue weighted by Crippen LogP contribution is 2.45. The topological polar surface area (TPSA) is 63.5 Å². The van der Waals surface area contributed by atoms with Gasteiger partial charge >= 0.3 is 0 Å². The molecule has 3 aromatic carbocycles. The van der Waals surface area contributed by atoms with Crippen LogP contribution < -0.4 is 0 Å². The summed E-state index contributed by atoms with van der Waals surface area (Å²) in [5, 5.41) is 11.5. The number of fused-ring (bicyclic) bond motifs is 1. The van der Waals surface area contributed by atoms with Crippen molar-refractivity contribution in [2.45, 2.75) is 19.0 Å². The Morgan fingerprint density at radius 2 is 1.72 bits per heavy atom. The second-order valence-corrected chi connectivity index (χ2v) is 7.52. The molecule has 0 N–H and O–H groups in total. The number of nitro groups is 1. The highest BCUT2D eigenvalue weighted by atomic mass is 35.5. The van der Waals surface area contributed by atoms with E-state index in [1.165, 1.54) is 30.3 Å². The third-order valence-electron chi connectivity index (χ3n) is 5.42. The Morgan fingerprint density at radius 3 is 2.34 bits per heavy atom. The summed E-state index contributed by atoms with van der Waals surface area (Å²) in [7, 11) is 0. The van der Waals surface area contributed by atoms with Crippen LogP contribution in [-0.2, 0) is 12.1 Å². The minimum absolute atomic E-state index is 0.0210. The predicted octanol–water partition coefficient (Wildman–Crippen LogP) is 5.31. The van der Waals surface area contributed by atoms with Crippen LogP contribution in [0.15, 0.2) is 66.7 Å². The average Bonchev–Trinajstić information content (AvgIpc) is 2.91. The van der Waals surface area contributed by atoms with Crippen molar-refractivity contribution in [3.05, 3.63) is 110 Å². The molecule has 0 fully saturated rings. The first-order chi connectivity index (χ1) is 13.8. The van der Waals surface area contributed by atoms with Gasteiger partial charge in [-0.15, -0.1) is 0 Å². The van der Waals surface area contributed by atoms with Gasteiger partial charge in [0, 0.05) is 29.3 Å². The Kier molecular flexibility index (Phi) is 4.59. The van der Waals surface area contributed by atoms with Crippen molar-refractivity contribution in [1.29, 1.82) is 0 Å². The molecule has 1 atom stereocenters. The summed E-state index contributed by atoms with van der Waals surface area (Å²) in [5.41, 5.74) is 1.60. The van der Waals surface area contributed by atoms with E-state index in [1.54, 1.807) is 29.2 Å². The standard InChI is InChI=1S/C22H16ClFN2O3/c1-22(15-4-6-16(23)7-5-15)20-12-17(24)8-11-19(20)21(27)25(22)13-14-2-9-18(10-3-14)26(28)29/h2-12H,13H2,1H3. The van der Waals surface area contributed by atoms with Gasteiger partial charge in [-0.05, 0) is 53.9 Å². The van der Waals surface area contributed by atoms with Gasteiger partial charge in [0.05, 0.1) is 10.5 Å². The molecule has 0 saturated carbocycles. The molecule has 4 rings (SSSR count). The minimum Gasteiger partial charge on any atom is -0.321 e. The molecule has 1 unspecified atom stereocenters. The molecular weight excluding hydrogens is 395 g/mol. The molecule has 0 aromatic heterocycles. The summed E-state index contributed by atoms with van der Waals surface area (Å²) < 4.78 is 14.1. The first kappa shape index (κ1) is 19.1. The first-order valence-corrected chi connectivity index (χ1v) is 9.30. The monoisotopic (exact) mass is 410 g/mol. The quantitative estimate of drug-likeness (QED) is 0.432. The second kappa shape index (κ2) is 6.97. The number of halogens is 2. The maximum absolute atomic E-state index is 14.1. The van der Waals surface area contributed by atoms with Gasteiger partial charge in [0.25, 0.3) is 11.6 Å². The lowest BCUT2D eigenvalue weighted by Crippen LogP contribution is -2.41. The van der Waals surface area contributed by atoms with Crippen LogP contribution in [-0.4, -0.2) is 15.7 Å². The van der Waals surface area contributed by atoms with Crippen molar-refractivity contribution in [2.75, 3.05) is 0 Å². The zero-order chi connectivity index (χ0) is 20.8. The minimum atomic E-state index is -0.916. The van der Waals surface area contributed by atoms with Crippen LogP contribution in [0.25, 0.3) is 0 Å². The number of non-ortho nitro benzene ring substituents is 1. The molecule has 0 radical (unpaired) electrons. The molecule has 1 aliphatic heterocycles. The Hall–Kier alpha value is -3.25. The maximum Gasteiger partial charge on any atom is 0.269 e. The van der Waals surface area contributed by atoms with Crippen LogP contribution in [0.5, 0.6) is 0 Å². The van der Waals surface area contributed by atoms with Crippen LogP contribution in [0.4, 0.5) is 10.1 Å². The molecule has 1 heterocycles. The SMILES string of the molecule is CC1(c2ccc(Cl)cc2)c2cc(F)ccc2C(=O)N1Cc1ccc([N+](=O)[O-])cc1. The van der Waals surface area contributed by atoms with E-state index in [2.05, 4.69) is 0 Å². The molecular formula is C22H16ClFN2O3. The largest absolute Gasteiger partial charge is 0.321 e. The summed E-state index contributed by atoms with van der Waals surface area (Å²) in [6, 6.07) is 17.3. The summed E-state index contributed by atoms with van der Waals surface area (Å²) in [6.45, 7) is 2.08. The van der Waals surface area contributed by atoms with E-state index in [0.29, 0.717) is 16.1 Å². The smallest absolute Gasteiger partial charge is 0.269 e. The lowest BCUT2D eigenvalue weighted by Gasteiger charge is -2.37. The average molecular weight is 411 g/mol. The number of hydrogen-bond acceptors (Lipinski definition) is 3. The summed E-state index contributed by atoms with van der Waals surface area (Å²) in [6.07, 6.45) is 0. The van der Waals surface area contributed by atoms with Crippen LogP contribution in [0.3, 0.4) is 0 Å². The molecule has 1 amide bonds. The van der Waals surface area contributed by atoms with E-state index in [0.717, 1.165) is 11.1 Å². The van der Waals surface area contributed by atoms with Crippen molar-refractivity contribution in [2.24, 2.45) is 0 Å². The van der Waals surface area contributed by atoms with Crippen molar-refractivity contribution in [1.82, 2.24) is 4.90 Å². The van der Waals surface area contributed by atoms with E-state index in [1.807, 2.05) is 19.1 Å². The van der Waals surface area contributed by atoms with Crippen LogP contribution in [0.2, 0.25) is 5.02 Å². The number of benzene rings is 3. The number of hydrogen-bond donors (Lipinski definition) is 0. The third kappa shape index (κ3) is 3.15. The number of amides is 1. The number of nitrogens with zero attached hydrogens (tertiary/aromatic N) is 2. The molecule has 7 heteroatoms. The number of nitro benzene ring substituents is 1. The molecule has 0 saturated heterocycles. The van der Waals surface area contributed by atoms with Crippen molar-refractivity contribution >= 4 is 23.2 Å². The van der Waals surface area contributed by atoms with Gasteiger partial charge in [-0.25, -0.2) is 4.39 Å². The molecule has 146 valence electrons.